The van der Waals surface area contributed by atoms with Crippen LogP contribution in [0.4, 0.5) is 5.82 Å². The molecule has 1 amide bonds. The van der Waals surface area contributed by atoms with Gasteiger partial charge in [-0.1, -0.05) is 12.1 Å². The van der Waals surface area contributed by atoms with Crippen LogP contribution in [0.15, 0.2) is 42.9 Å². The third-order valence-electron chi connectivity index (χ3n) is 6.67. The number of nitriles is 1. The van der Waals surface area contributed by atoms with Gasteiger partial charge in [0.05, 0.1) is 23.1 Å². The van der Waals surface area contributed by atoms with E-state index in [1.54, 1.807) is 18.5 Å². The summed E-state index contributed by atoms with van der Waals surface area (Å²) in [4.78, 5) is 27.5. The van der Waals surface area contributed by atoms with Crippen LogP contribution in [0.1, 0.15) is 43.4 Å². The van der Waals surface area contributed by atoms with Crippen LogP contribution in [0.3, 0.4) is 0 Å². The van der Waals surface area contributed by atoms with Gasteiger partial charge < -0.3 is 15.2 Å². The molecule has 2 unspecified atom stereocenters. The number of anilines is 1. The number of hydrogen-bond donors (Lipinski definition) is 2. The van der Waals surface area contributed by atoms with Crippen molar-refractivity contribution in [1.82, 2.24) is 20.3 Å². The van der Waals surface area contributed by atoms with E-state index in [1.807, 2.05) is 31.3 Å². The zero-order valence-corrected chi connectivity index (χ0v) is 16.9. The lowest BCUT2D eigenvalue weighted by molar-refractivity contribution is -0.128. The highest BCUT2D eigenvalue weighted by Crippen LogP contribution is 2.56. The van der Waals surface area contributed by atoms with Gasteiger partial charge in [0.2, 0.25) is 5.91 Å². The third kappa shape index (κ3) is 3.18. The number of aromatic nitrogens is 3. The Bertz CT molecular complexity index is 1120. The molecule has 2 N–H and O–H groups in total. The van der Waals surface area contributed by atoms with E-state index in [4.69, 9.17) is 5.26 Å². The fraction of sp³-hybridized carbons (Fsp3) is 0.391. The molecule has 1 spiro atoms. The molecule has 0 radical (unpaired) electrons. The summed E-state index contributed by atoms with van der Waals surface area (Å²) in [6, 6.07) is 11.5. The van der Waals surface area contributed by atoms with Gasteiger partial charge in [0.15, 0.2) is 0 Å². The first-order valence-corrected chi connectivity index (χ1v) is 10.4. The maximum absolute atomic E-state index is 13.2. The van der Waals surface area contributed by atoms with E-state index >= 15 is 0 Å². The maximum atomic E-state index is 13.2. The second kappa shape index (κ2) is 7.13. The highest BCUT2D eigenvalue weighted by atomic mass is 16.2. The summed E-state index contributed by atoms with van der Waals surface area (Å²) in [5, 5.41) is 13.2. The Kier molecular flexibility index (Phi) is 4.43. The Balaban J connectivity index is 1.29. The van der Waals surface area contributed by atoms with E-state index in [1.165, 1.54) is 0 Å². The summed E-state index contributed by atoms with van der Waals surface area (Å²) in [6.07, 6.45) is 6.47. The monoisotopic (exact) mass is 400 g/mol. The van der Waals surface area contributed by atoms with Crippen LogP contribution in [-0.4, -0.2) is 33.9 Å². The lowest BCUT2D eigenvalue weighted by Gasteiger charge is -2.39. The second-order valence-corrected chi connectivity index (χ2v) is 8.53. The van der Waals surface area contributed by atoms with Crippen molar-refractivity contribution in [2.24, 2.45) is 11.3 Å². The second-order valence-electron chi connectivity index (χ2n) is 8.53. The summed E-state index contributed by atoms with van der Waals surface area (Å²) in [6.45, 7) is 3.66. The van der Waals surface area contributed by atoms with E-state index in [0.29, 0.717) is 5.56 Å². The number of H-pyrrole nitrogens is 1. The molecule has 1 aliphatic heterocycles. The van der Waals surface area contributed by atoms with Crippen LogP contribution in [-0.2, 0) is 4.79 Å². The smallest absolute Gasteiger partial charge is 0.224 e. The molecule has 2 aliphatic rings. The summed E-state index contributed by atoms with van der Waals surface area (Å²) < 4.78 is 0. The van der Waals surface area contributed by atoms with E-state index in [-0.39, 0.29) is 23.3 Å². The summed E-state index contributed by atoms with van der Waals surface area (Å²) in [5.74, 6) is 1.12. The standard InChI is InChI=1S/C23H24N6O/c1-15(17-4-2-16(12-24)3-5-17)28-22(30)19-7-11-29(13-23(19)8-9-23)21-18-6-10-25-20(18)26-14-27-21/h2-6,10,14-15,19H,7-9,11,13H2,1H3,(H,28,30)(H,25,26,27). The van der Waals surface area contributed by atoms with Gasteiger partial charge in [0.1, 0.15) is 17.8 Å². The van der Waals surface area contributed by atoms with Crippen LogP contribution in [0, 0.1) is 22.7 Å². The number of carbonyl (C=O) groups excluding carboxylic acids is 1. The highest BCUT2D eigenvalue weighted by molar-refractivity contribution is 5.88. The number of carbonyl (C=O) groups is 1. The van der Waals surface area contributed by atoms with Gasteiger partial charge in [-0.3, -0.25) is 4.79 Å². The molecule has 2 fully saturated rings. The third-order valence-corrected chi connectivity index (χ3v) is 6.67. The first-order valence-electron chi connectivity index (χ1n) is 10.4. The number of hydrogen-bond acceptors (Lipinski definition) is 5. The molecule has 2 atom stereocenters. The van der Waals surface area contributed by atoms with Crippen molar-refractivity contribution in [3.05, 3.63) is 54.0 Å². The average molecular weight is 400 g/mol. The molecule has 3 aromatic rings. The van der Waals surface area contributed by atoms with Gasteiger partial charge in [-0.15, -0.1) is 0 Å². The Hall–Kier alpha value is -3.40. The molecule has 1 aromatic carbocycles. The van der Waals surface area contributed by atoms with Crippen molar-refractivity contribution in [1.29, 1.82) is 5.26 Å². The average Bonchev–Trinajstić information content (AvgIpc) is 3.34. The zero-order valence-electron chi connectivity index (χ0n) is 16.9. The molecule has 7 heteroatoms. The quantitative estimate of drug-likeness (QED) is 0.700. The molecule has 1 saturated carbocycles. The molecule has 30 heavy (non-hydrogen) atoms. The number of nitrogens with zero attached hydrogens (tertiary/aromatic N) is 4. The Labute approximate surface area is 175 Å². The predicted octanol–water partition coefficient (Wildman–Crippen LogP) is 3.31. The largest absolute Gasteiger partial charge is 0.355 e. The molecule has 1 saturated heterocycles. The van der Waals surface area contributed by atoms with Crippen LogP contribution in [0.5, 0.6) is 0 Å². The predicted molar refractivity (Wildman–Crippen MR) is 114 cm³/mol. The Morgan fingerprint density at radius 1 is 1.30 bits per heavy atom. The van der Waals surface area contributed by atoms with Crippen molar-refractivity contribution in [3.63, 3.8) is 0 Å². The molecule has 152 valence electrons. The van der Waals surface area contributed by atoms with Crippen LogP contribution < -0.4 is 10.2 Å². The molecule has 3 heterocycles. The topological polar surface area (TPSA) is 97.7 Å². The van der Waals surface area contributed by atoms with Gasteiger partial charge in [-0.25, -0.2) is 9.97 Å². The number of fused-ring (bicyclic) bond motifs is 1. The molecule has 1 aliphatic carbocycles. The Morgan fingerprint density at radius 3 is 2.83 bits per heavy atom. The number of nitrogens with one attached hydrogen (secondary N) is 2. The number of aromatic amines is 1. The van der Waals surface area contributed by atoms with Gasteiger partial charge in [-0.2, -0.15) is 5.26 Å². The van der Waals surface area contributed by atoms with E-state index in [0.717, 1.165) is 54.8 Å². The van der Waals surface area contributed by atoms with Crippen molar-refractivity contribution >= 4 is 22.8 Å². The minimum atomic E-state index is -0.0829. The van der Waals surface area contributed by atoms with Gasteiger partial charge in [0, 0.05) is 25.2 Å². The number of rotatable bonds is 4. The van der Waals surface area contributed by atoms with Crippen molar-refractivity contribution in [2.45, 2.75) is 32.2 Å². The van der Waals surface area contributed by atoms with Gasteiger partial charge in [-0.05, 0) is 55.4 Å². The fourth-order valence-corrected chi connectivity index (χ4v) is 4.77. The summed E-state index contributed by atoms with van der Waals surface area (Å²) >= 11 is 0. The number of amides is 1. The fourth-order valence-electron chi connectivity index (χ4n) is 4.77. The van der Waals surface area contributed by atoms with Gasteiger partial charge >= 0.3 is 0 Å². The maximum Gasteiger partial charge on any atom is 0.224 e. The minimum Gasteiger partial charge on any atom is -0.355 e. The molecule has 0 bridgehead atoms. The van der Waals surface area contributed by atoms with Crippen LogP contribution in [0.2, 0.25) is 0 Å². The molecular formula is C23H24N6O. The van der Waals surface area contributed by atoms with Crippen molar-refractivity contribution in [3.8, 4) is 6.07 Å². The molecule has 5 rings (SSSR count). The zero-order chi connectivity index (χ0) is 20.7. The van der Waals surface area contributed by atoms with Crippen molar-refractivity contribution in [2.75, 3.05) is 18.0 Å². The molecular weight excluding hydrogens is 376 g/mol. The molecule has 2 aromatic heterocycles. The van der Waals surface area contributed by atoms with Crippen LogP contribution >= 0.6 is 0 Å². The van der Waals surface area contributed by atoms with Crippen LogP contribution in [0.25, 0.3) is 11.0 Å². The highest BCUT2D eigenvalue weighted by Gasteiger charge is 2.55. The normalized spacial score (nSPS) is 20.7. The number of benzene rings is 1. The van der Waals surface area contributed by atoms with Crippen molar-refractivity contribution < 1.29 is 4.79 Å². The SMILES string of the molecule is CC(NC(=O)C1CCN(c2ncnc3[nH]ccc23)CC12CC2)c1ccc(C#N)cc1. The van der Waals surface area contributed by atoms with E-state index < -0.39 is 0 Å². The van der Waals surface area contributed by atoms with Gasteiger partial charge in [0.25, 0.3) is 0 Å². The number of piperidine rings is 1. The lowest BCUT2D eigenvalue weighted by atomic mass is 9.81. The lowest BCUT2D eigenvalue weighted by Crippen LogP contribution is -2.48. The minimum absolute atomic E-state index is 0.0261. The van der Waals surface area contributed by atoms with E-state index in [9.17, 15) is 4.79 Å². The first-order chi connectivity index (χ1) is 14.6. The first kappa shape index (κ1) is 18.6. The Morgan fingerprint density at radius 2 is 2.10 bits per heavy atom. The summed E-state index contributed by atoms with van der Waals surface area (Å²) in [5.41, 5.74) is 2.53. The van der Waals surface area contributed by atoms with E-state index in [2.05, 4.69) is 31.2 Å². The molecule has 7 nitrogen and oxygen atoms in total. The summed E-state index contributed by atoms with van der Waals surface area (Å²) in [7, 11) is 0.